The van der Waals surface area contributed by atoms with E-state index >= 15 is 0 Å². The van der Waals surface area contributed by atoms with Gasteiger partial charge in [-0.3, -0.25) is 9.59 Å². The largest absolute Gasteiger partial charge is 0.462 e. The standard InChI is InChI=1S/C8H8N4O4/c1-2-16-8(15)3-4(9)11-12-5(3)10-6(13)7(12)14/h2H2,1H3,(H2,9,11)(H,10,13). The molecule has 0 saturated carbocycles. The van der Waals surface area contributed by atoms with E-state index in [0.717, 1.165) is 4.68 Å². The van der Waals surface area contributed by atoms with Crippen LogP contribution in [0, 0.1) is 0 Å². The second kappa shape index (κ2) is 3.33. The van der Waals surface area contributed by atoms with Crippen molar-refractivity contribution in [3.8, 4) is 0 Å². The zero-order valence-corrected chi connectivity index (χ0v) is 8.31. The lowest BCUT2D eigenvalue weighted by molar-refractivity contribution is -0.112. The lowest BCUT2D eigenvalue weighted by Crippen LogP contribution is -2.19. The normalized spacial score (nSPS) is 13.6. The van der Waals surface area contributed by atoms with Crippen LogP contribution in [0.5, 0.6) is 0 Å². The molecule has 8 nitrogen and oxygen atoms in total. The zero-order chi connectivity index (χ0) is 11.9. The van der Waals surface area contributed by atoms with Crippen molar-refractivity contribution in [3.63, 3.8) is 0 Å². The smallest absolute Gasteiger partial charge is 0.345 e. The molecule has 2 rings (SSSR count). The van der Waals surface area contributed by atoms with Crippen molar-refractivity contribution in [2.45, 2.75) is 6.92 Å². The number of hydrogen-bond acceptors (Lipinski definition) is 6. The first kappa shape index (κ1) is 10.1. The summed E-state index contributed by atoms with van der Waals surface area (Å²) >= 11 is 0. The number of anilines is 2. The SMILES string of the molecule is CCOC(=O)c1c(N)nn2c1NC(=O)C2=O. The number of hydrogen-bond donors (Lipinski definition) is 2. The molecule has 0 aliphatic carbocycles. The summed E-state index contributed by atoms with van der Waals surface area (Å²) in [6.07, 6.45) is 0. The van der Waals surface area contributed by atoms with E-state index in [1.54, 1.807) is 6.92 Å². The number of nitrogen functional groups attached to an aromatic ring is 1. The van der Waals surface area contributed by atoms with Crippen LogP contribution in [-0.4, -0.2) is 34.2 Å². The highest BCUT2D eigenvalue weighted by atomic mass is 16.5. The van der Waals surface area contributed by atoms with Gasteiger partial charge in [-0.15, -0.1) is 5.10 Å². The van der Waals surface area contributed by atoms with Crippen molar-refractivity contribution in [1.29, 1.82) is 0 Å². The number of esters is 1. The third-order valence-electron chi connectivity index (χ3n) is 2.01. The Kier molecular flexibility index (Phi) is 2.11. The predicted molar refractivity (Wildman–Crippen MR) is 51.9 cm³/mol. The number of nitrogens with two attached hydrogens (primary N) is 1. The maximum atomic E-state index is 11.5. The highest BCUT2D eigenvalue weighted by molar-refractivity contribution is 6.44. The molecule has 0 atom stereocenters. The van der Waals surface area contributed by atoms with Crippen LogP contribution in [0.4, 0.5) is 11.6 Å². The van der Waals surface area contributed by atoms with Gasteiger partial charge in [0.15, 0.2) is 11.6 Å². The van der Waals surface area contributed by atoms with Gasteiger partial charge in [0.2, 0.25) is 0 Å². The number of fused-ring (bicyclic) bond motifs is 1. The van der Waals surface area contributed by atoms with Crippen LogP contribution in [0.15, 0.2) is 0 Å². The molecule has 8 heteroatoms. The summed E-state index contributed by atoms with van der Waals surface area (Å²) in [5.74, 6) is -2.64. The molecule has 3 N–H and O–H groups in total. The fourth-order valence-corrected chi connectivity index (χ4v) is 1.36. The van der Waals surface area contributed by atoms with Crippen molar-refractivity contribution >= 4 is 29.4 Å². The maximum absolute atomic E-state index is 11.5. The number of nitrogens with one attached hydrogen (secondary N) is 1. The van der Waals surface area contributed by atoms with Crippen LogP contribution in [0.2, 0.25) is 0 Å². The van der Waals surface area contributed by atoms with E-state index in [-0.39, 0.29) is 23.8 Å². The van der Waals surface area contributed by atoms with Crippen LogP contribution in [0.1, 0.15) is 22.1 Å². The molecule has 0 bridgehead atoms. The third-order valence-corrected chi connectivity index (χ3v) is 2.01. The Morgan fingerprint density at radius 1 is 1.56 bits per heavy atom. The average Bonchev–Trinajstić information content (AvgIpc) is 2.66. The molecule has 1 aromatic rings. The van der Waals surface area contributed by atoms with E-state index < -0.39 is 17.8 Å². The third kappa shape index (κ3) is 1.23. The van der Waals surface area contributed by atoms with Crippen molar-refractivity contribution in [2.24, 2.45) is 0 Å². The van der Waals surface area contributed by atoms with Gasteiger partial charge in [0.1, 0.15) is 5.56 Å². The Morgan fingerprint density at radius 2 is 2.25 bits per heavy atom. The number of carbonyl (C=O) groups excluding carboxylic acids is 3. The first-order valence-corrected chi connectivity index (χ1v) is 4.47. The second-order valence-electron chi connectivity index (χ2n) is 3.00. The first-order chi connectivity index (χ1) is 7.56. The molecular formula is C8H8N4O4. The van der Waals surface area contributed by atoms with Gasteiger partial charge in [-0.1, -0.05) is 0 Å². The highest BCUT2D eigenvalue weighted by Crippen LogP contribution is 2.26. The molecule has 1 aromatic heterocycles. The van der Waals surface area contributed by atoms with Crippen molar-refractivity contribution in [1.82, 2.24) is 9.78 Å². The highest BCUT2D eigenvalue weighted by Gasteiger charge is 2.36. The lowest BCUT2D eigenvalue weighted by Gasteiger charge is -2.01. The summed E-state index contributed by atoms with van der Waals surface area (Å²) in [5, 5.41) is 5.79. The monoisotopic (exact) mass is 224 g/mol. The Hall–Kier alpha value is -2.38. The molecule has 2 heterocycles. The van der Waals surface area contributed by atoms with Gasteiger partial charge in [-0.2, -0.15) is 4.68 Å². The van der Waals surface area contributed by atoms with Crippen LogP contribution in [0.25, 0.3) is 0 Å². The van der Waals surface area contributed by atoms with E-state index in [0.29, 0.717) is 0 Å². The van der Waals surface area contributed by atoms with E-state index in [1.807, 2.05) is 0 Å². The van der Waals surface area contributed by atoms with Gasteiger partial charge in [-0.05, 0) is 6.92 Å². The molecule has 1 aliphatic rings. The van der Waals surface area contributed by atoms with Gasteiger partial charge in [0.05, 0.1) is 6.61 Å². The summed E-state index contributed by atoms with van der Waals surface area (Å²) in [7, 11) is 0. The van der Waals surface area contributed by atoms with Crippen LogP contribution in [-0.2, 0) is 9.53 Å². The maximum Gasteiger partial charge on any atom is 0.345 e. The van der Waals surface area contributed by atoms with Crippen molar-refractivity contribution in [2.75, 3.05) is 17.7 Å². The van der Waals surface area contributed by atoms with E-state index in [2.05, 4.69) is 10.4 Å². The minimum atomic E-state index is -0.878. The zero-order valence-electron chi connectivity index (χ0n) is 8.31. The summed E-state index contributed by atoms with van der Waals surface area (Å²) in [5.41, 5.74) is 5.36. The van der Waals surface area contributed by atoms with Gasteiger partial charge < -0.3 is 15.8 Å². The number of rotatable bonds is 2. The molecule has 0 spiro atoms. The number of nitrogens with zero attached hydrogens (tertiary/aromatic N) is 2. The summed E-state index contributed by atoms with van der Waals surface area (Å²) in [6.45, 7) is 1.78. The lowest BCUT2D eigenvalue weighted by atomic mass is 10.3. The molecule has 16 heavy (non-hydrogen) atoms. The number of amides is 1. The average molecular weight is 224 g/mol. The minimum absolute atomic E-state index is 0.0362. The Morgan fingerprint density at radius 3 is 2.88 bits per heavy atom. The molecular weight excluding hydrogens is 216 g/mol. The van der Waals surface area contributed by atoms with Crippen LogP contribution < -0.4 is 11.1 Å². The topological polar surface area (TPSA) is 116 Å². The quantitative estimate of drug-likeness (QED) is 0.503. The number of carbonyl (C=O) groups is 3. The molecule has 1 aliphatic heterocycles. The molecule has 0 fully saturated rings. The summed E-state index contributed by atoms with van der Waals surface area (Å²) in [6, 6.07) is 0. The van der Waals surface area contributed by atoms with E-state index in [9.17, 15) is 14.4 Å². The number of ether oxygens (including phenoxy) is 1. The van der Waals surface area contributed by atoms with Crippen molar-refractivity contribution in [3.05, 3.63) is 5.56 Å². The Bertz CT molecular complexity index is 504. The van der Waals surface area contributed by atoms with E-state index in [1.165, 1.54) is 0 Å². The van der Waals surface area contributed by atoms with Crippen LogP contribution in [0.3, 0.4) is 0 Å². The fourth-order valence-electron chi connectivity index (χ4n) is 1.36. The second-order valence-corrected chi connectivity index (χ2v) is 3.00. The van der Waals surface area contributed by atoms with Gasteiger partial charge in [0.25, 0.3) is 0 Å². The van der Waals surface area contributed by atoms with Gasteiger partial charge in [-0.25, -0.2) is 4.79 Å². The fraction of sp³-hybridized carbons (Fsp3) is 0.250. The molecule has 0 unspecified atom stereocenters. The molecule has 0 radical (unpaired) electrons. The van der Waals surface area contributed by atoms with Crippen LogP contribution >= 0.6 is 0 Å². The van der Waals surface area contributed by atoms with Gasteiger partial charge >= 0.3 is 17.8 Å². The van der Waals surface area contributed by atoms with Crippen molar-refractivity contribution < 1.29 is 19.1 Å². The van der Waals surface area contributed by atoms with Gasteiger partial charge in [0, 0.05) is 0 Å². The summed E-state index contributed by atoms with van der Waals surface area (Å²) < 4.78 is 5.48. The number of aromatic nitrogens is 2. The Balaban J connectivity index is 2.49. The molecule has 84 valence electrons. The molecule has 0 saturated heterocycles. The first-order valence-electron chi connectivity index (χ1n) is 4.47. The molecule has 0 aromatic carbocycles. The summed E-state index contributed by atoms with van der Waals surface area (Å²) in [4.78, 5) is 33.7. The Labute approximate surface area is 89.3 Å². The van der Waals surface area contributed by atoms with E-state index in [4.69, 9.17) is 10.5 Å². The molecule has 1 amide bonds. The minimum Gasteiger partial charge on any atom is -0.462 e. The predicted octanol–water partition coefficient (Wildman–Crippen LogP) is -0.766.